The van der Waals surface area contributed by atoms with Crippen molar-refractivity contribution in [3.05, 3.63) is 18.2 Å². The Bertz CT molecular complexity index is 463. The first kappa shape index (κ1) is 17.1. The van der Waals surface area contributed by atoms with Gasteiger partial charge in [-0.3, -0.25) is 4.79 Å². The number of anilines is 2. The first-order valence-electron chi connectivity index (χ1n) is 7.04. The van der Waals surface area contributed by atoms with E-state index in [-0.39, 0.29) is 12.0 Å². The molecule has 4 N–H and O–H groups in total. The summed E-state index contributed by atoms with van der Waals surface area (Å²) >= 11 is 0. The maximum atomic E-state index is 11.9. The van der Waals surface area contributed by atoms with Crippen LogP contribution in [-0.4, -0.2) is 38.3 Å². The molecule has 0 fully saturated rings. The number of rotatable bonds is 8. The van der Waals surface area contributed by atoms with Gasteiger partial charge in [-0.15, -0.1) is 0 Å². The zero-order chi connectivity index (χ0) is 15.8. The topological polar surface area (TPSA) is 85.6 Å². The molecule has 0 bridgehead atoms. The summed E-state index contributed by atoms with van der Waals surface area (Å²) in [6, 6.07) is 5.07. The smallest absolute Gasteiger partial charge is 0.242 e. The summed E-state index contributed by atoms with van der Waals surface area (Å²) in [5, 5.41) is 5.86. The van der Waals surface area contributed by atoms with E-state index in [9.17, 15) is 4.79 Å². The number of nitrogens with one attached hydrogen (secondary N) is 2. The van der Waals surface area contributed by atoms with Crippen LogP contribution < -0.4 is 21.1 Å². The van der Waals surface area contributed by atoms with E-state index in [4.69, 9.17) is 15.2 Å². The SMILES string of the molecule is COCCNC(=O)C(C)Nc1cccc(OC(C)C)c1N. The van der Waals surface area contributed by atoms with Crippen LogP contribution in [-0.2, 0) is 9.53 Å². The Morgan fingerprint density at radius 1 is 1.33 bits per heavy atom. The van der Waals surface area contributed by atoms with Crippen molar-refractivity contribution in [3.63, 3.8) is 0 Å². The molecule has 1 aromatic carbocycles. The van der Waals surface area contributed by atoms with Crippen LogP contribution >= 0.6 is 0 Å². The lowest BCUT2D eigenvalue weighted by molar-refractivity contribution is -0.121. The lowest BCUT2D eigenvalue weighted by Crippen LogP contribution is -2.39. The first-order chi connectivity index (χ1) is 9.95. The third-order valence-corrected chi connectivity index (χ3v) is 2.80. The van der Waals surface area contributed by atoms with Gasteiger partial charge in [-0.1, -0.05) is 6.07 Å². The first-order valence-corrected chi connectivity index (χ1v) is 7.04. The van der Waals surface area contributed by atoms with Crippen molar-refractivity contribution in [2.24, 2.45) is 0 Å². The molecule has 1 unspecified atom stereocenters. The molecular weight excluding hydrogens is 270 g/mol. The second kappa shape index (κ2) is 8.36. The standard InChI is InChI=1S/C15H25N3O3/c1-10(2)21-13-7-5-6-12(14(13)16)18-11(3)15(19)17-8-9-20-4/h5-7,10-11,18H,8-9,16H2,1-4H3,(H,17,19). The van der Waals surface area contributed by atoms with Crippen LogP contribution in [0.4, 0.5) is 11.4 Å². The summed E-state index contributed by atoms with van der Waals surface area (Å²) in [6.45, 7) is 6.61. The van der Waals surface area contributed by atoms with E-state index >= 15 is 0 Å². The molecule has 1 rings (SSSR count). The molecule has 0 aliphatic carbocycles. The minimum atomic E-state index is -0.404. The Kier molecular flexibility index (Phi) is 6.81. The number of nitrogens with two attached hydrogens (primary N) is 1. The van der Waals surface area contributed by atoms with Gasteiger partial charge in [-0.25, -0.2) is 0 Å². The average Bonchev–Trinajstić information content (AvgIpc) is 2.42. The van der Waals surface area contributed by atoms with Crippen LogP contribution in [0, 0.1) is 0 Å². The van der Waals surface area contributed by atoms with Crippen molar-refractivity contribution in [1.29, 1.82) is 0 Å². The summed E-state index contributed by atoms with van der Waals surface area (Å²) in [5.74, 6) is 0.503. The van der Waals surface area contributed by atoms with E-state index in [2.05, 4.69) is 10.6 Å². The molecular formula is C15H25N3O3. The highest BCUT2D eigenvalue weighted by Crippen LogP contribution is 2.30. The third-order valence-electron chi connectivity index (χ3n) is 2.80. The average molecular weight is 295 g/mol. The Balaban J connectivity index is 2.67. The highest BCUT2D eigenvalue weighted by Gasteiger charge is 2.15. The fourth-order valence-corrected chi connectivity index (χ4v) is 1.75. The molecule has 21 heavy (non-hydrogen) atoms. The lowest BCUT2D eigenvalue weighted by atomic mass is 10.2. The second-order valence-corrected chi connectivity index (χ2v) is 5.03. The molecule has 0 radical (unpaired) electrons. The van der Waals surface area contributed by atoms with Crippen molar-refractivity contribution < 1.29 is 14.3 Å². The predicted molar refractivity (Wildman–Crippen MR) is 84.6 cm³/mol. The van der Waals surface area contributed by atoms with Crippen LogP contribution in [0.3, 0.4) is 0 Å². The summed E-state index contributed by atoms with van der Waals surface area (Å²) in [4.78, 5) is 11.9. The number of ether oxygens (including phenoxy) is 2. The highest BCUT2D eigenvalue weighted by atomic mass is 16.5. The van der Waals surface area contributed by atoms with Crippen LogP contribution in [0.15, 0.2) is 18.2 Å². The van der Waals surface area contributed by atoms with Crippen molar-refractivity contribution in [3.8, 4) is 5.75 Å². The third kappa shape index (κ3) is 5.51. The molecule has 0 aliphatic heterocycles. The molecule has 1 atom stereocenters. The van der Waals surface area contributed by atoms with Gasteiger partial charge in [-0.05, 0) is 32.9 Å². The molecule has 0 heterocycles. The van der Waals surface area contributed by atoms with Gasteiger partial charge < -0.3 is 25.8 Å². The summed E-state index contributed by atoms with van der Waals surface area (Å²) in [5.41, 5.74) is 7.25. The fraction of sp³-hybridized carbons (Fsp3) is 0.533. The van der Waals surface area contributed by atoms with Gasteiger partial charge in [-0.2, -0.15) is 0 Å². The van der Waals surface area contributed by atoms with E-state index in [0.717, 1.165) is 0 Å². The number of benzene rings is 1. The van der Waals surface area contributed by atoms with Crippen LogP contribution in [0.5, 0.6) is 5.75 Å². The molecule has 0 aromatic heterocycles. The number of nitrogen functional groups attached to an aromatic ring is 1. The molecule has 0 saturated carbocycles. The zero-order valence-corrected chi connectivity index (χ0v) is 13.1. The Hall–Kier alpha value is -1.95. The molecule has 0 aliphatic rings. The lowest BCUT2D eigenvalue weighted by Gasteiger charge is -2.19. The van der Waals surface area contributed by atoms with Gasteiger partial charge in [0.05, 0.1) is 24.1 Å². The second-order valence-electron chi connectivity index (χ2n) is 5.03. The minimum absolute atomic E-state index is 0.0392. The highest BCUT2D eigenvalue weighted by molar-refractivity contribution is 5.86. The minimum Gasteiger partial charge on any atom is -0.489 e. The Labute approximate surface area is 126 Å². The van der Waals surface area contributed by atoms with Crippen LogP contribution in [0.25, 0.3) is 0 Å². The number of carbonyl (C=O) groups excluding carboxylic acids is 1. The number of methoxy groups -OCH3 is 1. The van der Waals surface area contributed by atoms with Crippen molar-refractivity contribution >= 4 is 17.3 Å². The van der Waals surface area contributed by atoms with E-state index < -0.39 is 6.04 Å². The monoisotopic (exact) mass is 295 g/mol. The quantitative estimate of drug-likeness (QED) is 0.501. The van der Waals surface area contributed by atoms with E-state index in [1.165, 1.54) is 0 Å². The maximum absolute atomic E-state index is 11.9. The Morgan fingerprint density at radius 2 is 2.05 bits per heavy atom. The molecule has 118 valence electrons. The zero-order valence-electron chi connectivity index (χ0n) is 13.1. The Morgan fingerprint density at radius 3 is 2.67 bits per heavy atom. The summed E-state index contributed by atoms with van der Waals surface area (Å²) in [6.07, 6.45) is 0.0392. The van der Waals surface area contributed by atoms with Crippen molar-refractivity contribution in [1.82, 2.24) is 5.32 Å². The van der Waals surface area contributed by atoms with Crippen molar-refractivity contribution in [2.75, 3.05) is 31.3 Å². The molecule has 0 spiro atoms. The largest absolute Gasteiger partial charge is 0.489 e. The number of hydrogen-bond acceptors (Lipinski definition) is 5. The molecule has 0 saturated heterocycles. The van der Waals surface area contributed by atoms with Gasteiger partial charge in [0.15, 0.2) is 0 Å². The molecule has 1 amide bonds. The maximum Gasteiger partial charge on any atom is 0.242 e. The number of para-hydroxylation sites is 1. The predicted octanol–water partition coefficient (Wildman–Crippen LogP) is 1.62. The van der Waals surface area contributed by atoms with Gasteiger partial charge in [0.2, 0.25) is 5.91 Å². The number of carbonyl (C=O) groups is 1. The van der Waals surface area contributed by atoms with Crippen LogP contribution in [0.1, 0.15) is 20.8 Å². The van der Waals surface area contributed by atoms with Crippen LogP contribution in [0.2, 0.25) is 0 Å². The van der Waals surface area contributed by atoms with E-state index in [1.54, 1.807) is 14.0 Å². The van der Waals surface area contributed by atoms with Gasteiger partial charge in [0.25, 0.3) is 0 Å². The normalized spacial score (nSPS) is 12.0. The van der Waals surface area contributed by atoms with Gasteiger partial charge in [0.1, 0.15) is 11.8 Å². The van der Waals surface area contributed by atoms with Crippen molar-refractivity contribution in [2.45, 2.75) is 32.9 Å². The summed E-state index contributed by atoms with van der Waals surface area (Å²) in [7, 11) is 1.59. The molecule has 6 heteroatoms. The van der Waals surface area contributed by atoms with E-state index in [1.807, 2.05) is 32.0 Å². The number of hydrogen-bond donors (Lipinski definition) is 3. The van der Waals surface area contributed by atoms with Gasteiger partial charge in [0, 0.05) is 13.7 Å². The fourth-order valence-electron chi connectivity index (χ4n) is 1.75. The molecule has 6 nitrogen and oxygen atoms in total. The van der Waals surface area contributed by atoms with E-state index in [0.29, 0.717) is 30.3 Å². The summed E-state index contributed by atoms with van der Waals surface area (Å²) < 4.78 is 10.5. The number of amides is 1. The molecule has 1 aromatic rings. The van der Waals surface area contributed by atoms with Gasteiger partial charge >= 0.3 is 0 Å².